The van der Waals surface area contributed by atoms with Crippen molar-refractivity contribution in [1.82, 2.24) is 10.2 Å². The highest BCUT2D eigenvalue weighted by atomic mass is 19.1. The molecule has 3 aliphatic heterocycles. The molecule has 0 radical (unpaired) electrons. The van der Waals surface area contributed by atoms with Gasteiger partial charge in [0, 0.05) is 13.1 Å². The van der Waals surface area contributed by atoms with E-state index in [9.17, 15) is 14.0 Å². The highest BCUT2D eigenvalue weighted by molar-refractivity contribution is 5.90. The van der Waals surface area contributed by atoms with Gasteiger partial charge in [-0.15, -0.1) is 0 Å². The van der Waals surface area contributed by atoms with Crippen LogP contribution in [0.15, 0.2) is 18.2 Å². The molecule has 152 valence electrons. The molecule has 28 heavy (non-hydrogen) atoms. The maximum atomic E-state index is 14.7. The number of benzene rings is 1. The SMILES string of the molecule is O=CN(CC1CN(c2ccc(N3CCOCC3)c(F)c2)C(=O)O1)C1CCCN1. The second-order valence-electron chi connectivity index (χ2n) is 7.27. The number of halogens is 1. The van der Waals surface area contributed by atoms with Gasteiger partial charge in [-0.1, -0.05) is 0 Å². The van der Waals surface area contributed by atoms with Crippen molar-refractivity contribution in [3.63, 3.8) is 0 Å². The Morgan fingerprint density at radius 2 is 2.14 bits per heavy atom. The Hall–Kier alpha value is -2.39. The van der Waals surface area contributed by atoms with Gasteiger partial charge in [-0.25, -0.2) is 9.18 Å². The average molecular weight is 392 g/mol. The molecule has 1 aromatic carbocycles. The Kier molecular flexibility index (Phi) is 5.63. The zero-order valence-corrected chi connectivity index (χ0v) is 15.7. The number of amides is 2. The van der Waals surface area contributed by atoms with Gasteiger partial charge in [0.2, 0.25) is 6.41 Å². The topological polar surface area (TPSA) is 74.4 Å². The summed E-state index contributed by atoms with van der Waals surface area (Å²) in [4.78, 5) is 28.7. The van der Waals surface area contributed by atoms with Crippen LogP contribution >= 0.6 is 0 Å². The van der Waals surface area contributed by atoms with Gasteiger partial charge < -0.3 is 19.3 Å². The molecule has 2 atom stereocenters. The van der Waals surface area contributed by atoms with Crippen molar-refractivity contribution in [2.45, 2.75) is 25.1 Å². The van der Waals surface area contributed by atoms with Crippen LogP contribution in [0.1, 0.15) is 12.8 Å². The summed E-state index contributed by atoms with van der Waals surface area (Å²) in [5.74, 6) is -0.375. The largest absolute Gasteiger partial charge is 0.442 e. The second-order valence-corrected chi connectivity index (χ2v) is 7.27. The molecule has 0 aliphatic carbocycles. The van der Waals surface area contributed by atoms with Crippen molar-refractivity contribution >= 4 is 23.9 Å². The van der Waals surface area contributed by atoms with Gasteiger partial charge in [0.05, 0.1) is 43.8 Å². The fourth-order valence-electron chi connectivity index (χ4n) is 3.98. The maximum absolute atomic E-state index is 14.7. The van der Waals surface area contributed by atoms with Gasteiger partial charge >= 0.3 is 6.09 Å². The van der Waals surface area contributed by atoms with Gasteiger partial charge in [-0.3, -0.25) is 15.0 Å². The van der Waals surface area contributed by atoms with E-state index in [0.29, 0.717) is 44.2 Å². The molecular formula is C19H25FN4O4. The molecule has 3 saturated heterocycles. The van der Waals surface area contributed by atoms with Gasteiger partial charge in [-0.05, 0) is 37.6 Å². The Labute approximate surface area is 163 Å². The van der Waals surface area contributed by atoms with E-state index in [1.54, 1.807) is 17.0 Å². The van der Waals surface area contributed by atoms with Crippen molar-refractivity contribution in [3.05, 3.63) is 24.0 Å². The van der Waals surface area contributed by atoms with Crippen LogP contribution in [0.2, 0.25) is 0 Å². The van der Waals surface area contributed by atoms with Crippen LogP contribution in [0.25, 0.3) is 0 Å². The van der Waals surface area contributed by atoms with Crippen LogP contribution in [0.5, 0.6) is 0 Å². The Bertz CT molecular complexity index is 722. The standard InChI is InChI=1S/C19H25FN4O4/c20-16-10-14(3-4-17(16)22-6-8-27-9-7-22)24-12-15(28-19(24)26)11-23(13-25)18-2-1-5-21-18/h3-4,10,13,15,18,21H,1-2,5-9,11-12H2. The molecule has 3 heterocycles. The molecule has 4 rings (SSSR count). The third-order valence-electron chi connectivity index (χ3n) is 5.45. The van der Waals surface area contributed by atoms with E-state index in [4.69, 9.17) is 9.47 Å². The lowest BCUT2D eigenvalue weighted by molar-refractivity contribution is -0.121. The van der Waals surface area contributed by atoms with Crippen LogP contribution in [0, 0.1) is 5.82 Å². The van der Waals surface area contributed by atoms with Crippen molar-refractivity contribution in [2.24, 2.45) is 0 Å². The van der Waals surface area contributed by atoms with Crippen LogP contribution in [-0.4, -0.2) is 75.6 Å². The van der Waals surface area contributed by atoms with Gasteiger partial charge in [0.15, 0.2) is 0 Å². The number of cyclic esters (lactones) is 1. The highest BCUT2D eigenvalue weighted by Gasteiger charge is 2.35. The predicted octanol–water partition coefficient (Wildman–Crippen LogP) is 1.16. The summed E-state index contributed by atoms with van der Waals surface area (Å²) in [5, 5.41) is 3.26. The summed E-state index contributed by atoms with van der Waals surface area (Å²) in [5.41, 5.74) is 0.967. The number of rotatable bonds is 6. The Morgan fingerprint density at radius 3 is 2.82 bits per heavy atom. The third kappa shape index (κ3) is 3.90. The van der Waals surface area contributed by atoms with E-state index in [-0.39, 0.29) is 18.5 Å². The number of carbonyl (C=O) groups excluding carboxylic acids is 2. The van der Waals surface area contributed by atoms with E-state index >= 15 is 0 Å². The monoisotopic (exact) mass is 392 g/mol. The van der Waals surface area contributed by atoms with Crippen molar-refractivity contribution < 1.29 is 23.5 Å². The van der Waals surface area contributed by atoms with Crippen LogP contribution in [-0.2, 0) is 14.3 Å². The fourth-order valence-corrected chi connectivity index (χ4v) is 3.98. The lowest BCUT2D eigenvalue weighted by atomic mass is 10.2. The number of morpholine rings is 1. The molecule has 8 nitrogen and oxygen atoms in total. The lowest BCUT2D eigenvalue weighted by Gasteiger charge is -2.29. The van der Waals surface area contributed by atoms with Crippen LogP contribution < -0.4 is 15.1 Å². The third-order valence-corrected chi connectivity index (χ3v) is 5.45. The minimum absolute atomic E-state index is 0.0181. The molecular weight excluding hydrogens is 367 g/mol. The molecule has 2 unspecified atom stereocenters. The van der Waals surface area contributed by atoms with E-state index < -0.39 is 12.2 Å². The van der Waals surface area contributed by atoms with Crippen LogP contribution in [0.3, 0.4) is 0 Å². The van der Waals surface area contributed by atoms with Crippen molar-refractivity contribution in [3.8, 4) is 0 Å². The summed E-state index contributed by atoms with van der Waals surface area (Å²) in [7, 11) is 0. The zero-order valence-electron chi connectivity index (χ0n) is 15.7. The number of hydrogen-bond donors (Lipinski definition) is 1. The minimum atomic E-state index is -0.520. The Morgan fingerprint density at radius 1 is 1.32 bits per heavy atom. The summed E-state index contributed by atoms with van der Waals surface area (Å²) >= 11 is 0. The smallest absolute Gasteiger partial charge is 0.414 e. The predicted molar refractivity (Wildman–Crippen MR) is 101 cm³/mol. The average Bonchev–Trinajstić information content (AvgIpc) is 3.36. The molecule has 9 heteroatoms. The lowest BCUT2D eigenvalue weighted by Crippen LogP contribution is -2.45. The highest BCUT2D eigenvalue weighted by Crippen LogP contribution is 2.28. The molecule has 0 aromatic heterocycles. The molecule has 0 saturated carbocycles. The zero-order chi connectivity index (χ0) is 19.5. The van der Waals surface area contributed by atoms with Gasteiger partial charge in [0.1, 0.15) is 11.9 Å². The molecule has 1 N–H and O–H groups in total. The normalized spacial score (nSPS) is 25.1. The number of carbonyl (C=O) groups is 2. The molecule has 2 amide bonds. The summed E-state index contributed by atoms with van der Waals surface area (Å²) in [6, 6.07) is 4.79. The van der Waals surface area contributed by atoms with E-state index in [2.05, 4.69) is 5.32 Å². The molecule has 1 aromatic rings. The first kappa shape index (κ1) is 18.9. The maximum Gasteiger partial charge on any atom is 0.414 e. The van der Waals surface area contributed by atoms with E-state index in [1.807, 2.05) is 4.90 Å². The van der Waals surface area contributed by atoms with E-state index in [1.165, 1.54) is 11.0 Å². The van der Waals surface area contributed by atoms with Crippen LogP contribution in [0.4, 0.5) is 20.6 Å². The molecule has 3 aliphatic rings. The molecule has 0 spiro atoms. The second kappa shape index (κ2) is 8.32. The summed E-state index contributed by atoms with van der Waals surface area (Å²) < 4.78 is 25.4. The van der Waals surface area contributed by atoms with E-state index in [0.717, 1.165) is 25.8 Å². The Balaban J connectivity index is 1.42. The first-order valence-corrected chi connectivity index (χ1v) is 9.70. The minimum Gasteiger partial charge on any atom is -0.442 e. The number of hydrogen-bond acceptors (Lipinski definition) is 6. The van der Waals surface area contributed by atoms with Crippen molar-refractivity contribution in [1.29, 1.82) is 0 Å². The summed E-state index contributed by atoms with van der Waals surface area (Å²) in [6.45, 7) is 3.90. The van der Waals surface area contributed by atoms with Crippen molar-refractivity contribution in [2.75, 3.05) is 55.7 Å². The molecule has 3 fully saturated rings. The molecule has 0 bridgehead atoms. The summed E-state index contributed by atoms with van der Waals surface area (Å²) in [6.07, 6.45) is 1.71. The van der Waals surface area contributed by atoms with Gasteiger partial charge in [0.25, 0.3) is 0 Å². The first-order valence-electron chi connectivity index (χ1n) is 9.70. The van der Waals surface area contributed by atoms with Gasteiger partial charge in [-0.2, -0.15) is 0 Å². The first-order chi connectivity index (χ1) is 13.7. The number of nitrogens with one attached hydrogen (secondary N) is 1. The number of ether oxygens (including phenoxy) is 2. The number of anilines is 2. The fraction of sp³-hybridized carbons (Fsp3) is 0.579. The number of nitrogens with zero attached hydrogens (tertiary/aromatic N) is 3. The quantitative estimate of drug-likeness (QED) is 0.733.